The summed E-state index contributed by atoms with van der Waals surface area (Å²) in [4.78, 5) is 4.29. The lowest BCUT2D eigenvalue weighted by Crippen LogP contribution is -2.39. The van der Waals surface area contributed by atoms with Crippen LogP contribution < -0.4 is 10.6 Å². The lowest BCUT2D eigenvalue weighted by atomic mass is 9.99. The highest BCUT2D eigenvalue weighted by atomic mass is 16.5. The minimum atomic E-state index is 0.424. The molecule has 2 N–H and O–H groups in total. The molecular weight excluding hydrogens is 340 g/mol. The van der Waals surface area contributed by atoms with Crippen molar-refractivity contribution in [1.82, 2.24) is 25.6 Å². The molecule has 2 heterocycles. The van der Waals surface area contributed by atoms with Crippen molar-refractivity contribution in [3.05, 3.63) is 35.0 Å². The van der Waals surface area contributed by atoms with Gasteiger partial charge in [0.1, 0.15) is 0 Å². The van der Waals surface area contributed by atoms with Gasteiger partial charge in [0.25, 0.3) is 0 Å². The molecule has 2 rings (SSSR count). The molecule has 0 aliphatic carbocycles. The summed E-state index contributed by atoms with van der Waals surface area (Å²) in [5.74, 6) is 2.48. The van der Waals surface area contributed by atoms with Crippen LogP contribution in [0, 0.1) is 19.8 Å². The number of rotatable bonds is 9. The Morgan fingerprint density at radius 2 is 1.96 bits per heavy atom. The highest BCUT2D eigenvalue weighted by Gasteiger charge is 2.13. The summed E-state index contributed by atoms with van der Waals surface area (Å²) in [5.41, 5.74) is 3.30. The number of hydrogen-bond acceptors (Lipinski definition) is 4. The van der Waals surface area contributed by atoms with E-state index in [0.717, 1.165) is 49.0 Å². The Hall–Kier alpha value is -2.31. The molecule has 0 bridgehead atoms. The molecule has 0 amide bonds. The first-order valence-electron chi connectivity index (χ1n) is 9.87. The standard InChI is InChI=1S/C20H34N6O/c1-7-17(8-2)19-10-18(27-25-19)12-23-20(21-6)22-11-14(3)13-26-16(5)9-15(4)24-26/h9-10,14,17H,7-8,11-13H2,1-6H3,(H2,21,22,23). The Bertz CT molecular complexity index is 729. The van der Waals surface area contributed by atoms with Gasteiger partial charge in [-0.1, -0.05) is 25.9 Å². The third-order valence-electron chi connectivity index (χ3n) is 4.84. The summed E-state index contributed by atoms with van der Waals surface area (Å²) < 4.78 is 7.52. The van der Waals surface area contributed by atoms with Gasteiger partial charge in [0, 0.05) is 37.8 Å². The minimum Gasteiger partial charge on any atom is -0.359 e. The second-order valence-electron chi connectivity index (χ2n) is 7.25. The van der Waals surface area contributed by atoms with Gasteiger partial charge in [0.15, 0.2) is 11.7 Å². The van der Waals surface area contributed by atoms with Crippen molar-refractivity contribution >= 4 is 5.96 Å². The van der Waals surface area contributed by atoms with Crippen molar-refractivity contribution < 1.29 is 4.52 Å². The minimum absolute atomic E-state index is 0.424. The van der Waals surface area contributed by atoms with Crippen LogP contribution in [0.5, 0.6) is 0 Å². The number of aliphatic imine (C=N–C) groups is 1. The van der Waals surface area contributed by atoms with E-state index >= 15 is 0 Å². The molecule has 7 heteroatoms. The maximum Gasteiger partial charge on any atom is 0.191 e. The lowest BCUT2D eigenvalue weighted by Gasteiger charge is -2.16. The number of aromatic nitrogens is 3. The van der Waals surface area contributed by atoms with Gasteiger partial charge in [0.2, 0.25) is 0 Å². The van der Waals surface area contributed by atoms with Crippen LogP contribution in [0.2, 0.25) is 0 Å². The van der Waals surface area contributed by atoms with Crippen LogP contribution in [0.4, 0.5) is 0 Å². The SMILES string of the molecule is CCC(CC)c1cc(CNC(=NC)NCC(C)Cn2nc(C)cc2C)on1. The van der Waals surface area contributed by atoms with E-state index in [1.54, 1.807) is 7.05 Å². The van der Waals surface area contributed by atoms with Crippen LogP contribution in [0.15, 0.2) is 21.6 Å². The smallest absolute Gasteiger partial charge is 0.191 e. The van der Waals surface area contributed by atoms with E-state index in [9.17, 15) is 0 Å². The molecule has 0 saturated carbocycles. The van der Waals surface area contributed by atoms with Gasteiger partial charge in [-0.05, 0) is 38.7 Å². The molecule has 0 aliphatic rings. The number of nitrogens with one attached hydrogen (secondary N) is 2. The van der Waals surface area contributed by atoms with Crippen LogP contribution in [-0.4, -0.2) is 34.5 Å². The van der Waals surface area contributed by atoms with Crippen LogP contribution in [0.3, 0.4) is 0 Å². The van der Waals surface area contributed by atoms with Crippen LogP contribution in [0.1, 0.15) is 62.4 Å². The van der Waals surface area contributed by atoms with Crippen molar-refractivity contribution in [1.29, 1.82) is 0 Å². The van der Waals surface area contributed by atoms with Crippen molar-refractivity contribution in [2.75, 3.05) is 13.6 Å². The first-order chi connectivity index (χ1) is 13.0. The maximum absolute atomic E-state index is 5.46. The zero-order chi connectivity index (χ0) is 19.8. The van der Waals surface area contributed by atoms with E-state index in [4.69, 9.17) is 4.52 Å². The van der Waals surface area contributed by atoms with E-state index in [1.165, 1.54) is 5.69 Å². The van der Waals surface area contributed by atoms with E-state index in [0.29, 0.717) is 18.4 Å². The molecule has 0 fully saturated rings. The number of aryl methyl sites for hydroxylation is 2. The molecule has 0 spiro atoms. The fraction of sp³-hybridized carbons (Fsp3) is 0.650. The topological polar surface area (TPSA) is 80.3 Å². The Labute approximate surface area is 162 Å². The van der Waals surface area contributed by atoms with Gasteiger partial charge in [-0.2, -0.15) is 5.10 Å². The average Bonchev–Trinajstić information content (AvgIpc) is 3.23. The summed E-state index contributed by atoms with van der Waals surface area (Å²) >= 11 is 0. The quantitative estimate of drug-likeness (QED) is 0.519. The van der Waals surface area contributed by atoms with Gasteiger partial charge in [0.05, 0.1) is 17.9 Å². The molecule has 0 radical (unpaired) electrons. The zero-order valence-electron chi connectivity index (χ0n) is 17.5. The summed E-state index contributed by atoms with van der Waals surface area (Å²) in [6.07, 6.45) is 2.15. The summed E-state index contributed by atoms with van der Waals surface area (Å²) in [7, 11) is 1.77. The predicted octanol–water partition coefficient (Wildman–Crippen LogP) is 3.39. The van der Waals surface area contributed by atoms with Gasteiger partial charge >= 0.3 is 0 Å². The lowest BCUT2D eigenvalue weighted by molar-refractivity contribution is 0.367. The zero-order valence-corrected chi connectivity index (χ0v) is 17.5. The highest BCUT2D eigenvalue weighted by molar-refractivity contribution is 5.79. The Kier molecular flexibility index (Phi) is 7.88. The normalized spacial score (nSPS) is 13.2. The summed E-state index contributed by atoms with van der Waals surface area (Å²) in [6, 6.07) is 4.15. The molecule has 0 saturated heterocycles. The first-order valence-corrected chi connectivity index (χ1v) is 9.87. The van der Waals surface area contributed by atoms with Gasteiger partial charge in [-0.15, -0.1) is 0 Å². The van der Waals surface area contributed by atoms with E-state index in [1.807, 2.05) is 13.0 Å². The highest BCUT2D eigenvalue weighted by Crippen LogP contribution is 2.22. The molecule has 2 aromatic heterocycles. The fourth-order valence-corrected chi connectivity index (χ4v) is 3.19. The van der Waals surface area contributed by atoms with E-state index in [2.05, 4.69) is 64.3 Å². The molecule has 1 atom stereocenters. The molecule has 27 heavy (non-hydrogen) atoms. The molecule has 7 nitrogen and oxygen atoms in total. The van der Waals surface area contributed by atoms with Gasteiger partial charge < -0.3 is 15.2 Å². The third-order valence-corrected chi connectivity index (χ3v) is 4.84. The van der Waals surface area contributed by atoms with Gasteiger partial charge in [-0.3, -0.25) is 9.67 Å². The molecule has 1 unspecified atom stereocenters. The molecule has 2 aromatic rings. The first kappa shape index (κ1) is 21.0. The summed E-state index contributed by atoms with van der Waals surface area (Å²) in [6.45, 7) is 12.9. The van der Waals surface area contributed by atoms with Crippen molar-refractivity contribution in [3.63, 3.8) is 0 Å². The van der Waals surface area contributed by atoms with E-state index in [-0.39, 0.29) is 0 Å². The second-order valence-corrected chi connectivity index (χ2v) is 7.25. The fourth-order valence-electron chi connectivity index (χ4n) is 3.19. The number of hydrogen-bond donors (Lipinski definition) is 2. The maximum atomic E-state index is 5.46. The molecular formula is C20H34N6O. The van der Waals surface area contributed by atoms with Crippen LogP contribution in [0.25, 0.3) is 0 Å². The monoisotopic (exact) mass is 374 g/mol. The molecule has 0 aromatic carbocycles. The van der Waals surface area contributed by atoms with Crippen LogP contribution >= 0.6 is 0 Å². The average molecular weight is 375 g/mol. The van der Waals surface area contributed by atoms with Crippen molar-refractivity contribution in [3.8, 4) is 0 Å². The Morgan fingerprint density at radius 3 is 2.56 bits per heavy atom. The van der Waals surface area contributed by atoms with Crippen LogP contribution in [-0.2, 0) is 13.1 Å². The van der Waals surface area contributed by atoms with Crippen molar-refractivity contribution in [2.45, 2.75) is 66.5 Å². The van der Waals surface area contributed by atoms with Crippen molar-refractivity contribution in [2.24, 2.45) is 10.9 Å². The number of guanidine groups is 1. The molecule has 150 valence electrons. The largest absolute Gasteiger partial charge is 0.359 e. The second kappa shape index (κ2) is 10.1. The Morgan fingerprint density at radius 1 is 1.22 bits per heavy atom. The summed E-state index contributed by atoms with van der Waals surface area (Å²) in [5, 5.41) is 15.4. The van der Waals surface area contributed by atoms with E-state index < -0.39 is 0 Å². The predicted molar refractivity (Wildman–Crippen MR) is 109 cm³/mol. The van der Waals surface area contributed by atoms with Gasteiger partial charge in [-0.25, -0.2) is 0 Å². The number of nitrogens with zero attached hydrogens (tertiary/aromatic N) is 4. The third kappa shape index (κ3) is 6.12. The molecule has 0 aliphatic heterocycles. The Balaban J connectivity index is 1.79.